The summed E-state index contributed by atoms with van der Waals surface area (Å²) in [6.07, 6.45) is 4.71. The van der Waals surface area contributed by atoms with E-state index in [0.717, 1.165) is 18.4 Å². The maximum Gasteiger partial charge on any atom is 0.218 e. The molecule has 0 atom stereocenters. The number of sulfonamides is 1. The fraction of sp³-hybridized carbons (Fsp3) is 0.533. The van der Waals surface area contributed by atoms with E-state index in [2.05, 4.69) is 0 Å². The molecular formula is C15H22N2O2S2. The summed E-state index contributed by atoms with van der Waals surface area (Å²) in [5.74, 6) is 0.500. The average molecular weight is 326 g/mol. The van der Waals surface area contributed by atoms with E-state index in [1.807, 2.05) is 0 Å². The van der Waals surface area contributed by atoms with Crippen molar-refractivity contribution >= 4 is 27.2 Å². The van der Waals surface area contributed by atoms with E-state index in [9.17, 15) is 8.42 Å². The van der Waals surface area contributed by atoms with Crippen molar-refractivity contribution in [2.75, 3.05) is 13.6 Å². The molecule has 0 aliphatic heterocycles. The normalized spacial score (nSPS) is 16.5. The molecular weight excluding hydrogens is 304 g/mol. The molecule has 21 heavy (non-hydrogen) atoms. The maximum atomic E-state index is 12.4. The SMILES string of the molecule is CN(CC1CCCC1)S(=O)(=O)Cc1cccc(C(N)=S)c1. The fourth-order valence-electron chi connectivity index (χ4n) is 2.81. The predicted molar refractivity (Wildman–Crippen MR) is 89.5 cm³/mol. The number of nitrogens with zero attached hydrogens (tertiary/aromatic N) is 1. The van der Waals surface area contributed by atoms with E-state index >= 15 is 0 Å². The van der Waals surface area contributed by atoms with Crippen molar-refractivity contribution in [1.29, 1.82) is 0 Å². The van der Waals surface area contributed by atoms with E-state index in [0.29, 0.717) is 18.0 Å². The summed E-state index contributed by atoms with van der Waals surface area (Å²) >= 11 is 4.93. The van der Waals surface area contributed by atoms with Crippen LogP contribution in [0.2, 0.25) is 0 Å². The van der Waals surface area contributed by atoms with Gasteiger partial charge in [0.15, 0.2) is 0 Å². The quantitative estimate of drug-likeness (QED) is 0.815. The predicted octanol–water partition coefficient (Wildman–Crippen LogP) is 2.27. The maximum absolute atomic E-state index is 12.4. The molecule has 1 aliphatic carbocycles. The van der Waals surface area contributed by atoms with Crippen molar-refractivity contribution in [3.05, 3.63) is 35.4 Å². The minimum Gasteiger partial charge on any atom is -0.389 e. The monoisotopic (exact) mass is 326 g/mol. The molecule has 2 N–H and O–H groups in total. The Labute approximate surface area is 132 Å². The molecule has 0 amide bonds. The molecule has 0 saturated heterocycles. The molecule has 2 rings (SSSR count). The molecule has 1 saturated carbocycles. The molecule has 0 aromatic heterocycles. The van der Waals surface area contributed by atoms with Crippen LogP contribution in [-0.4, -0.2) is 31.3 Å². The third kappa shape index (κ3) is 4.49. The lowest BCUT2D eigenvalue weighted by atomic mass is 10.1. The number of nitrogens with two attached hydrogens (primary N) is 1. The zero-order chi connectivity index (χ0) is 15.5. The van der Waals surface area contributed by atoms with Crippen LogP contribution in [-0.2, 0) is 15.8 Å². The van der Waals surface area contributed by atoms with E-state index in [-0.39, 0.29) is 10.7 Å². The van der Waals surface area contributed by atoms with Crippen LogP contribution < -0.4 is 5.73 Å². The largest absolute Gasteiger partial charge is 0.389 e. The highest BCUT2D eigenvalue weighted by atomic mass is 32.2. The lowest BCUT2D eigenvalue weighted by molar-refractivity contribution is 0.387. The molecule has 1 aliphatic rings. The number of benzene rings is 1. The zero-order valence-electron chi connectivity index (χ0n) is 12.3. The number of rotatable bonds is 6. The van der Waals surface area contributed by atoms with E-state index < -0.39 is 10.0 Å². The van der Waals surface area contributed by atoms with Gasteiger partial charge < -0.3 is 5.73 Å². The minimum atomic E-state index is -3.29. The van der Waals surface area contributed by atoms with Crippen LogP contribution in [0.1, 0.15) is 36.8 Å². The van der Waals surface area contributed by atoms with Gasteiger partial charge in [0.2, 0.25) is 10.0 Å². The Morgan fingerprint density at radius 3 is 2.67 bits per heavy atom. The third-order valence-electron chi connectivity index (χ3n) is 4.03. The zero-order valence-corrected chi connectivity index (χ0v) is 13.9. The molecule has 0 unspecified atom stereocenters. The van der Waals surface area contributed by atoms with Crippen LogP contribution in [0.4, 0.5) is 0 Å². The Kier molecular flexibility index (Phi) is 5.35. The van der Waals surface area contributed by atoms with Gasteiger partial charge in [-0.2, -0.15) is 0 Å². The highest BCUT2D eigenvalue weighted by Crippen LogP contribution is 2.26. The molecule has 116 valence electrons. The molecule has 0 spiro atoms. The highest BCUT2D eigenvalue weighted by Gasteiger charge is 2.24. The van der Waals surface area contributed by atoms with Gasteiger partial charge in [-0.05, 0) is 30.4 Å². The van der Waals surface area contributed by atoms with E-state index in [1.165, 1.54) is 17.1 Å². The first-order valence-electron chi connectivity index (χ1n) is 7.21. The second-order valence-corrected chi connectivity index (χ2v) is 8.27. The number of hydrogen-bond donors (Lipinski definition) is 1. The van der Waals surface area contributed by atoms with Crippen LogP contribution in [0.25, 0.3) is 0 Å². The Hall–Kier alpha value is -0.980. The van der Waals surface area contributed by atoms with Crippen LogP contribution in [0.5, 0.6) is 0 Å². The van der Waals surface area contributed by atoms with Gasteiger partial charge in [-0.3, -0.25) is 0 Å². The first-order chi connectivity index (χ1) is 9.88. The first kappa shape index (κ1) is 16.4. The van der Waals surface area contributed by atoms with Crippen LogP contribution in [0.15, 0.2) is 24.3 Å². The Morgan fingerprint density at radius 1 is 1.38 bits per heavy atom. The summed E-state index contributed by atoms with van der Waals surface area (Å²) in [7, 11) is -1.62. The molecule has 4 nitrogen and oxygen atoms in total. The van der Waals surface area contributed by atoms with E-state index in [4.69, 9.17) is 18.0 Å². The van der Waals surface area contributed by atoms with Crippen molar-refractivity contribution in [2.24, 2.45) is 11.7 Å². The molecule has 1 aromatic rings. The average Bonchev–Trinajstić information content (AvgIpc) is 2.91. The summed E-state index contributed by atoms with van der Waals surface area (Å²) in [5, 5.41) is 0. The van der Waals surface area contributed by atoms with Gasteiger partial charge in [0.25, 0.3) is 0 Å². The second kappa shape index (κ2) is 6.85. The minimum absolute atomic E-state index is 0.00727. The topological polar surface area (TPSA) is 63.4 Å². The summed E-state index contributed by atoms with van der Waals surface area (Å²) in [6.45, 7) is 0.622. The summed E-state index contributed by atoms with van der Waals surface area (Å²) in [5.41, 5.74) is 7.01. The smallest absolute Gasteiger partial charge is 0.218 e. The van der Waals surface area contributed by atoms with Gasteiger partial charge in [0.1, 0.15) is 4.99 Å². The molecule has 1 fully saturated rings. The van der Waals surface area contributed by atoms with Crippen molar-refractivity contribution in [1.82, 2.24) is 4.31 Å². The standard InChI is InChI=1S/C15H22N2O2S2/c1-17(10-12-5-2-3-6-12)21(18,19)11-13-7-4-8-14(9-13)15(16)20/h4,7-9,12H,2-3,5-6,10-11H2,1H3,(H2,16,20). The Morgan fingerprint density at radius 2 is 2.05 bits per heavy atom. The van der Waals surface area contributed by atoms with Gasteiger partial charge in [-0.15, -0.1) is 0 Å². The van der Waals surface area contributed by atoms with Gasteiger partial charge in [0.05, 0.1) is 5.75 Å². The molecule has 1 aromatic carbocycles. The third-order valence-corrected chi connectivity index (χ3v) is 6.06. The van der Waals surface area contributed by atoms with Crippen molar-refractivity contribution in [3.63, 3.8) is 0 Å². The van der Waals surface area contributed by atoms with E-state index in [1.54, 1.807) is 31.3 Å². The van der Waals surface area contributed by atoms with Crippen LogP contribution in [0.3, 0.4) is 0 Å². The first-order valence-corrected chi connectivity index (χ1v) is 9.23. The Bertz CT molecular complexity index is 608. The molecule has 0 radical (unpaired) electrons. The summed E-state index contributed by atoms with van der Waals surface area (Å²) < 4.78 is 26.4. The van der Waals surface area contributed by atoms with Crippen LogP contribution in [0, 0.1) is 5.92 Å². The molecule has 6 heteroatoms. The Balaban J connectivity index is 2.05. The van der Waals surface area contributed by atoms with Crippen molar-refractivity contribution in [3.8, 4) is 0 Å². The molecule has 0 bridgehead atoms. The lowest BCUT2D eigenvalue weighted by Crippen LogP contribution is -2.32. The van der Waals surface area contributed by atoms with Crippen molar-refractivity contribution in [2.45, 2.75) is 31.4 Å². The summed E-state index contributed by atoms with van der Waals surface area (Å²) in [4.78, 5) is 0.286. The van der Waals surface area contributed by atoms with Gasteiger partial charge in [-0.25, -0.2) is 12.7 Å². The summed E-state index contributed by atoms with van der Waals surface area (Å²) in [6, 6.07) is 7.13. The van der Waals surface area contributed by atoms with Gasteiger partial charge >= 0.3 is 0 Å². The number of hydrogen-bond acceptors (Lipinski definition) is 3. The molecule has 0 heterocycles. The van der Waals surface area contributed by atoms with Gasteiger partial charge in [0, 0.05) is 19.2 Å². The lowest BCUT2D eigenvalue weighted by Gasteiger charge is -2.21. The second-order valence-electron chi connectivity index (χ2n) is 5.75. The van der Waals surface area contributed by atoms with Crippen LogP contribution >= 0.6 is 12.2 Å². The van der Waals surface area contributed by atoms with Gasteiger partial charge in [-0.1, -0.05) is 43.3 Å². The van der Waals surface area contributed by atoms with Crippen molar-refractivity contribution < 1.29 is 8.42 Å². The number of thiocarbonyl (C=S) groups is 1. The highest BCUT2D eigenvalue weighted by molar-refractivity contribution is 7.88. The fourth-order valence-corrected chi connectivity index (χ4v) is 4.19.